The average Bonchev–Trinajstić information content (AvgIpc) is 3.06. The quantitative estimate of drug-likeness (QED) is 0.601. The SMILES string of the molecule is CCc1[nH]c(C(=O)N[C@@H]2CCN(C(=O)OC(C)(C)C)C[C@H]2NC(CC)CC)nc1Cl. The number of aromatic nitrogens is 2. The van der Waals surface area contributed by atoms with Crippen molar-refractivity contribution >= 4 is 23.6 Å². The first-order valence-corrected chi connectivity index (χ1v) is 11.2. The zero-order valence-corrected chi connectivity index (χ0v) is 19.7. The number of nitrogens with zero attached hydrogens (tertiary/aromatic N) is 2. The van der Waals surface area contributed by atoms with Crippen molar-refractivity contribution in [2.75, 3.05) is 13.1 Å². The van der Waals surface area contributed by atoms with Gasteiger partial charge in [0.2, 0.25) is 0 Å². The van der Waals surface area contributed by atoms with Gasteiger partial charge >= 0.3 is 6.09 Å². The van der Waals surface area contributed by atoms with E-state index in [9.17, 15) is 9.59 Å². The van der Waals surface area contributed by atoms with Crippen LogP contribution in [0.5, 0.6) is 0 Å². The molecule has 1 aliphatic heterocycles. The molecule has 2 rings (SSSR count). The predicted octanol–water partition coefficient (Wildman–Crippen LogP) is 3.51. The van der Waals surface area contributed by atoms with E-state index in [4.69, 9.17) is 16.3 Å². The fraction of sp³-hybridized carbons (Fsp3) is 0.762. The van der Waals surface area contributed by atoms with Crippen LogP contribution in [0.4, 0.5) is 4.79 Å². The third-order valence-corrected chi connectivity index (χ3v) is 5.63. The summed E-state index contributed by atoms with van der Waals surface area (Å²) in [6, 6.07) is 0.0830. The highest BCUT2D eigenvalue weighted by molar-refractivity contribution is 6.30. The molecule has 1 saturated heterocycles. The number of carbonyl (C=O) groups excluding carboxylic acids is 2. The Bertz CT molecular complexity index is 727. The second-order valence-electron chi connectivity index (χ2n) is 8.79. The number of carbonyl (C=O) groups is 2. The van der Waals surface area contributed by atoms with Gasteiger partial charge in [-0.3, -0.25) is 4.79 Å². The molecule has 170 valence electrons. The summed E-state index contributed by atoms with van der Waals surface area (Å²) in [5, 5.41) is 7.02. The molecule has 1 aromatic heterocycles. The van der Waals surface area contributed by atoms with Crippen LogP contribution in [0.2, 0.25) is 5.15 Å². The van der Waals surface area contributed by atoms with Gasteiger partial charge in [0, 0.05) is 31.2 Å². The zero-order chi connectivity index (χ0) is 22.5. The number of aryl methyl sites for hydroxylation is 1. The minimum absolute atomic E-state index is 0.0869. The fourth-order valence-electron chi connectivity index (χ4n) is 3.58. The number of likely N-dealkylation sites (tertiary alicyclic amines) is 1. The smallest absolute Gasteiger partial charge is 0.410 e. The highest BCUT2D eigenvalue weighted by Crippen LogP contribution is 2.18. The van der Waals surface area contributed by atoms with Crippen molar-refractivity contribution in [3.63, 3.8) is 0 Å². The first kappa shape index (κ1) is 24.5. The molecule has 0 spiro atoms. The van der Waals surface area contributed by atoms with Gasteiger partial charge in [0.25, 0.3) is 5.91 Å². The number of rotatable bonds is 7. The molecule has 1 aromatic rings. The Morgan fingerprint density at radius 1 is 1.27 bits per heavy atom. The topological polar surface area (TPSA) is 99.4 Å². The Morgan fingerprint density at radius 3 is 2.47 bits per heavy atom. The second-order valence-corrected chi connectivity index (χ2v) is 9.15. The first-order chi connectivity index (χ1) is 14.1. The average molecular weight is 442 g/mol. The maximum absolute atomic E-state index is 12.8. The van der Waals surface area contributed by atoms with Gasteiger partial charge in [-0.25, -0.2) is 9.78 Å². The van der Waals surface area contributed by atoms with E-state index in [1.807, 2.05) is 27.7 Å². The summed E-state index contributed by atoms with van der Waals surface area (Å²) in [6.07, 6.45) is 2.90. The van der Waals surface area contributed by atoms with E-state index in [0.29, 0.717) is 37.1 Å². The summed E-state index contributed by atoms with van der Waals surface area (Å²) < 4.78 is 5.54. The van der Waals surface area contributed by atoms with Crippen LogP contribution in [-0.4, -0.2) is 63.7 Å². The molecule has 0 aromatic carbocycles. The third-order valence-electron chi connectivity index (χ3n) is 5.31. The predicted molar refractivity (Wildman–Crippen MR) is 118 cm³/mol. The summed E-state index contributed by atoms with van der Waals surface area (Å²) >= 11 is 6.08. The molecule has 8 nitrogen and oxygen atoms in total. The Hall–Kier alpha value is -1.80. The van der Waals surface area contributed by atoms with Crippen molar-refractivity contribution in [1.82, 2.24) is 25.5 Å². The van der Waals surface area contributed by atoms with Crippen LogP contribution in [0.25, 0.3) is 0 Å². The van der Waals surface area contributed by atoms with E-state index in [1.165, 1.54) is 0 Å². The minimum atomic E-state index is -0.546. The molecule has 0 bridgehead atoms. The normalized spacial score (nSPS) is 19.8. The van der Waals surface area contributed by atoms with Crippen molar-refractivity contribution < 1.29 is 14.3 Å². The number of aromatic amines is 1. The number of imidazole rings is 1. The number of ether oxygens (including phenoxy) is 1. The molecule has 2 amide bonds. The van der Waals surface area contributed by atoms with E-state index in [2.05, 4.69) is 34.4 Å². The number of halogens is 1. The molecule has 0 saturated carbocycles. The Labute approximate surface area is 184 Å². The highest BCUT2D eigenvalue weighted by Gasteiger charge is 2.35. The Kier molecular flexibility index (Phi) is 8.55. The van der Waals surface area contributed by atoms with E-state index in [0.717, 1.165) is 18.5 Å². The fourth-order valence-corrected chi connectivity index (χ4v) is 3.85. The van der Waals surface area contributed by atoms with Gasteiger partial charge in [0.15, 0.2) is 11.0 Å². The number of nitrogens with one attached hydrogen (secondary N) is 3. The second kappa shape index (κ2) is 10.5. The van der Waals surface area contributed by atoms with Crippen molar-refractivity contribution in [1.29, 1.82) is 0 Å². The van der Waals surface area contributed by atoms with Gasteiger partial charge in [-0.05, 0) is 46.5 Å². The maximum atomic E-state index is 12.8. The maximum Gasteiger partial charge on any atom is 0.410 e. The van der Waals surface area contributed by atoms with Crippen LogP contribution in [0.3, 0.4) is 0 Å². The Morgan fingerprint density at radius 2 is 1.93 bits per heavy atom. The lowest BCUT2D eigenvalue weighted by atomic mass is 9.97. The number of hydrogen-bond acceptors (Lipinski definition) is 5. The van der Waals surface area contributed by atoms with Crippen molar-refractivity contribution in [2.24, 2.45) is 0 Å². The van der Waals surface area contributed by atoms with Crippen molar-refractivity contribution in [2.45, 2.75) is 91.0 Å². The van der Waals surface area contributed by atoms with E-state index in [-0.39, 0.29) is 29.9 Å². The summed E-state index contributed by atoms with van der Waals surface area (Å²) in [7, 11) is 0. The van der Waals surface area contributed by atoms with Crippen molar-refractivity contribution in [3.8, 4) is 0 Å². The number of hydrogen-bond donors (Lipinski definition) is 3. The lowest BCUT2D eigenvalue weighted by Gasteiger charge is -2.41. The summed E-state index contributed by atoms with van der Waals surface area (Å²) in [6.45, 7) is 12.8. The standard InChI is InChI=1S/C21H36ClN5O3/c1-7-13(8-2)23-16-12-27(20(29)30-21(4,5)6)11-10-15(16)25-19(28)18-24-14(9-3)17(22)26-18/h13,15-16,23H,7-12H2,1-6H3,(H,24,26)(H,25,28)/t15-,16-/m1/s1. The van der Waals surface area contributed by atoms with Gasteiger partial charge in [0.05, 0.1) is 5.69 Å². The van der Waals surface area contributed by atoms with Gasteiger partial charge in [0.1, 0.15) is 5.60 Å². The lowest BCUT2D eigenvalue weighted by Crippen LogP contribution is -2.62. The third kappa shape index (κ3) is 6.60. The number of H-pyrrole nitrogens is 1. The van der Waals surface area contributed by atoms with Crippen LogP contribution in [0, 0.1) is 0 Å². The highest BCUT2D eigenvalue weighted by atomic mass is 35.5. The molecule has 3 N–H and O–H groups in total. The van der Waals surface area contributed by atoms with Crippen molar-refractivity contribution in [3.05, 3.63) is 16.7 Å². The van der Waals surface area contributed by atoms with Gasteiger partial charge in [-0.15, -0.1) is 0 Å². The molecule has 30 heavy (non-hydrogen) atoms. The van der Waals surface area contributed by atoms with Crippen LogP contribution in [0.15, 0.2) is 0 Å². The largest absolute Gasteiger partial charge is 0.444 e. The molecule has 1 aliphatic rings. The van der Waals surface area contributed by atoms with E-state index in [1.54, 1.807) is 4.90 Å². The molecular weight excluding hydrogens is 406 g/mol. The Balaban J connectivity index is 2.12. The number of piperidine rings is 1. The lowest BCUT2D eigenvalue weighted by molar-refractivity contribution is 0.0156. The molecular formula is C21H36ClN5O3. The molecule has 2 atom stereocenters. The monoisotopic (exact) mass is 441 g/mol. The zero-order valence-electron chi connectivity index (χ0n) is 19.0. The van der Waals surface area contributed by atoms with Crippen LogP contribution >= 0.6 is 11.6 Å². The van der Waals surface area contributed by atoms with Crippen LogP contribution < -0.4 is 10.6 Å². The van der Waals surface area contributed by atoms with Crippen LogP contribution in [-0.2, 0) is 11.2 Å². The molecule has 0 unspecified atom stereocenters. The molecule has 2 heterocycles. The summed E-state index contributed by atoms with van der Waals surface area (Å²) in [5.74, 6) is -0.0728. The van der Waals surface area contributed by atoms with Gasteiger partial charge in [-0.1, -0.05) is 32.4 Å². The van der Waals surface area contributed by atoms with E-state index >= 15 is 0 Å². The summed E-state index contributed by atoms with van der Waals surface area (Å²) in [4.78, 5) is 34.2. The van der Waals surface area contributed by atoms with Crippen LogP contribution in [0.1, 0.15) is 77.1 Å². The molecule has 0 radical (unpaired) electrons. The first-order valence-electron chi connectivity index (χ1n) is 10.9. The molecule has 1 fully saturated rings. The summed E-state index contributed by atoms with van der Waals surface area (Å²) in [5.41, 5.74) is 0.198. The molecule has 0 aliphatic carbocycles. The molecule has 9 heteroatoms. The van der Waals surface area contributed by atoms with E-state index < -0.39 is 5.60 Å². The van der Waals surface area contributed by atoms with Gasteiger partial charge < -0.3 is 25.3 Å². The van der Waals surface area contributed by atoms with Gasteiger partial charge in [-0.2, -0.15) is 0 Å². The number of amides is 2. The minimum Gasteiger partial charge on any atom is -0.444 e.